The van der Waals surface area contributed by atoms with Crippen molar-refractivity contribution in [2.24, 2.45) is 5.41 Å². The molecule has 0 aromatic carbocycles. The first-order valence-electron chi connectivity index (χ1n) is 6.67. The van der Waals surface area contributed by atoms with Gasteiger partial charge in [0.25, 0.3) is 0 Å². The largest absolute Gasteiger partial charge is 0.318 e. The van der Waals surface area contributed by atoms with Gasteiger partial charge in [0.2, 0.25) is 0 Å². The van der Waals surface area contributed by atoms with Gasteiger partial charge in [-0.1, -0.05) is 41.5 Å². The summed E-state index contributed by atoms with van der Waals surface area (Å²) in [5.41, 5.74) is 0.565. The quantitative estimate of drug-likeness (QED) is 0.779. The monoisotopic (exact) mass is 230 g/mol. The summed E-state index contributed by atoms with van der Waals surface area (Å²) >= 11 is 0. The summed E-state index contributed by atoms with van der Waals surface area (Å²) in [6.07, 6.45) is 0. The predicted octanol–water partition coefficient (Wildman–Crippen LogP) is 3.38. The van der Waals surface area contributed by atoms with E-state index in [0.717, 1.165) is 19.6 Å². The number of hydrogen-bond acceptors (Lipinski definition) is 2. The fourth-order valence-electron chi connectivity index (χ4n) is 1.55. The smallest absolute Gasteiger partial charge is 0.0201 e. The normalized spacial score (nSPS) is 12.4. The summed E-state index contributed by atoms with van der Waals surface area (Å²) in [5, 5.41) is 3.21. The van der Waals surface area contributed by atoms with E-state index in [-0.39, 0.29) is 5.54 Å². The Labute approximate surface area is 104 Å². The average Bonchev–Trinajstić information content (AvgIpc) is 2.20. The van der Waals surface area contributed by atoms with Crippen LogP contribution in [0.15, 0.2) is 0 Å². The van der Waals surface area contributed by atoms with Crippen LogP contribution in [0.25, 0.3) is 0 Å². The minimum Gasteiger partial charge on any atom is -0.318 e. The third-order valence-corrected chi connectivity index (χ3v) is 3.64. The standard InChI is InChI=1S/C12H28N2.C2H6/c1-8-14(10-9-13-7)12(5,6)11(2,3)4;1-2/h13H,8-10H2,1-7H3;1-2H3. The van der Waals surface area contributed by atoms with E-state index in [0.29, 0.717) is 5.41 Å². The molecule has 0 spiro atoms. The van der Waals surface area contributed by atoms with E-state index in [1.165, 1.54) is 0 Å². The topological polar surface area (TPSA) is 15.3 Å². The van der Waals surface area contributed by atoms with Gasteiger partial charge in [0.05, 0.1) is 0 Å². The summed E-state index contributed by atoms with van der Waals surface area (Å²) in [5.74, 6) is 0. The number of nitrogens with one attached hydrogen (secondary N) is 1. The second-order valence-corrected chi connectivity index (χ2v) is 5.49. The molecule has 0 bridgehead atoms. The first kappa shape index (κ1) is 18.3. The Kier molecular flexibility index (Phi) is 9.23. The maximum absolute atomic E-state index is 3.21. The van der Waals surface area contributed by atoms with Crippen LogP contribution in [0.1, 0.15) is 55.4 Å². The summed E-state index contributed by atoms with van der Waals surface area (Å²) < 4.78 is 0. The molecule has 2 nitrogen and oxygen atoms in total. The summed E-state index contributed by atoms with van der Waals surface area (Å²) in [4.78, 5) is 2.55. The van der Waals surface area contributed by atoms with Gasteiger partial charge in [0, 0.05) is 18.6 Å². The maximum Gasteiger partial charge on any atom is 0.0201 e. The minimum atomic E-state index is 0.249. The van der Waals surface area contributed by atoms with Gasteiger partial charge in [-0.25, -0.2) is 0 Å². The molecule has 0 saturated carbocycles. The molecule has 0 aliphatic carbocycles. The Balaban J connectivity index is 0. The van der Waals surface area contributed by atoms with Crippen molar-refractivity contribution in [1.29, 1.82) is 0 Å². The molecule has 16 heavy (non-hydrogen) atoms. The first-order valence-corrected chi connectivity index (χ1v) is 6.67. The zero-order valence-corrected chi connectivity index (χ0v) is 13.1. The van der Waals surface area contributed by atoms with Crippen molar-refractivity contribution >= 4 is 0 Å². The van der Waals surface area contributed by atoms with Gasteiger partial charge in [0.1, 0.15) is 0 Å². The molecule has 0 unspecified atom stereocenters. The van der Waals surface area contributed by atoms with Crippen LogP contribution in [0.5, 0.6) is 0 Å². The van der Waals surface area contributed by atoms with Crippen LogP contribution < -0.4 is 5.32 Å². The van der Waals surface area contributed by atoms with Crippen molar-refractivity contribution in [3.63, 3.8) is 0 Å². The van der Waals surface area contributed by atoms with Gasteiger partial charge in [0.15, 0.2) is 0 Å². The van der Waals surface area contributed by atoms with Crippen molar-refractivity contribution in [3.8, 4) is 0 Å². The lowest BCUT2D eigenvalue weighted by Gasteiger charge is -2.47. The Morgan fingerprint density at radius 1 is 1.00 bits per heavy atom. The highest BCUT2D eigenvalue weighted by Crippen LogP contribution is 2.34. The van der Waals surface area contributed by atoms with Gasteiger partial charge in [-0.2, -0.15) is 0 Å². The van der Waals surface area contributed by atoms with Crippen LogP contribution >= 0.6 is 0 Å². The van der Waals surface area contributed by atoms with Gasteiger partial charge in [-0.3, -0.25) is 4.90 Å². The molecule has 0 aromatic rings. The molecule has 1 N–H and O–H groups in total. The summed E-state index contributed by atoms with van der Waals surface area (Å²) in [6.45, 7) is 21.2. The molecule has 0 aliphatic rings. The number of nitrogens with zero attached hydrogens (tertiary/aromatic N) is 1. The van der Waals surface area contributed by atoms with Crippen LogP contribution in [0.2, 0.25) is 0 Å². The van der Waals surface area contributed by atoms with Crippen LogP contribution in [-0.4, -0.2) is 37.1 Å². The van der Waals surface area contributed by atoms with E-state index in [1.54, 1.807) is 0 Å². The molecule has 0 radical (unpaired) electrons. The summed E-state index contributed by atoms with van der Waals surface area (Å²) in [7, 11) is 2.01. The van der Waals surface area contributed by atoms with E-state index in [9.17, 15) is 0 Å². The zero-order valence-electron chi connectivity index (χ0n) is 13.1. The zero-order chi connectivity index (χ0) is 13.4. The fraction of sp³-hybridized carbons (Fsp3) is 1.00. The maximum atomic E-state index is 3.21. The van der Waals surface area contributed by atoms with Crippen molar-refractivity contribution in [3.05, 3.63) is 0 Å². The first-order chi connectivity index (χ1) is 7.27. The van der Waals surface area contributed by atoms with Gasteiger partial charge in [-0.15, -0.1) is 0 Å². The van der Waals surface area contributed by atoms with E-state index < -0.39 is 0 Å². The molecule has 0 saturated heterocycles. The lowest BCUT2D eigenvalue weighted by molar-refractivity contribution is 0.0271. The SMILES string of the molecule is CC.CCN(CCNC)C(C)(C)C(C)(C)C. The molecule has 0 heterocycles. The fourth-order valence-corrected chi connectivity index (χ4v) is 1.55. The van der Waals surface area contributed by atoms with Crippen molar-refractivity contribution in [1.82, 2.24) is 10.2 Å². The highest BCUT2D eigenvalue weighted by molar-refractivity contribution is 4.92. The number of hydrogen-bond donors (Lipinski definition) is 1. The second kappa shape index (κ2) is 8.08. The van der Waals surface area contributed by atoms with Crippen molar-refractivity contribution < 1.29 is 0 Å². The highest BCUT2D eigenvalue weighted by atomic mass is 15.2. The van der Waals surface area contributed by atoms with Crippen LogP contribution in [-0.2, 0) is 0 Å². The second-order valence-electron chi connectivity index (χ2n) is 5.49. The van der Waals surface area contributed by atoms with E-state index in [2.05, 4.69) is 51.8 Å². The molecular weight excluding hydrogens is 196 g/mol. The molecule has 0 fully saturated rings. The Morgan fingerprint density at radius 2 is 1.44 bits per heavy atom. The van der Waals surface area contributed by atoms with E-state index >= 15 is 0 Å². The Bertz CT molecular complexity index is 157. The number of likely N-dealkylation sites (N-methyl/N-ethyl adjacent to an activating group) is 2. The van der Waals surface area contributed by atoms with Crippen LogP contribution in [0, 0.1) is 5.41 Å². The number of rotatable bonds is 5. The Morgan fingerprint density at radius 3 is 1.69 bits per heavy atom. The average molecular weight is 230 g/mol. The van der Waals surface area contributed by atoms with Crippen LogP contribution in [0.3, 0.4) is 0 Å². The van der Waals surface area contributed by atoms with Gasteiger partial charge in [-0.05, 0) is 32.9 Å². The van der Waals surface area contributed by atoms with Crippen molar-refractivity contribution in [2.45, 2.75) is 60.9 Å². The van der Waals surface area contributed by atoms with E-state index in [1.807, 2.05) is 20.9 Å². The summed E-state index contributed by atoms with van der Waals surface area (Å²) in [6, 6.07) is 0. The molecule has 0 aliphatic heterocycles. The predicted molar refractivity (Wildman–Crippen MR) is 76.1 cm³/mol. The van der Waals surface area contributed by atoms with Crippen molar-refractivity contribution in [2.75, 3.05) is 26.7 Å². The third-order valence-electron chi connectivity index (χ3n) is 3.64. The molecule has 0 rings (SSSR count). The third kappa shape index (κ3) is 5.31. The van der Waals surface area contributed by atoms with E-state index in [4.69, 9.17) is 0 Å². The Hall–Kier alpha value is -0.0800. The molecule has 2 heteroatoms. The molecule has 0 aromatic heterocycles. The lowest BCUT2D eigenvalue weighted by atomic mass is 9.75. The molecule has 0 amide bonds. The van der Waals surface area contributed by atoms with Crippen LogP contribution in [0.4, 0.5) is 0 Å². The highest BCUT2D eigenvalue weighted by Gasteiger charge is 2.36. The lowest BCUT2D eigenvalue weighted by Crippen LogP contribution is -2.54. The molecule has 100 valence electrons. The van der Waals surface area contributed by atoms with Gasteiger partial charge < -0.3 is 5.32 Å². The van der Waals surface area contributed by atoms with Gasteiger partial charge >= 0.3 is 0 Å². The molecular formula is C14H34N2. The molecule has 0 atom stereocenters. The minimum absolute atomic E-state index is 0.249.